The van der Waals surface area contributed by atoms with E-state index in [2.05, 4.69) is 62.4 Å². The van der Waals surface area contributed by atoms with Crippen LogP contribution in [-0.2, 0) is 4.74 Å². The molecule has 0 aromatic heterocycles. The standard InChI is InChI=1S/C40H52N2O/c1-3-5-7-31-9-17-35(18-10-31)39(37-21-13-33(29-41)14-22-37)25-27-43-28-26-40(38-23-15-34(30-42)16-24-38)36-19-11-32(12-20-36)8-6-4-2/h13-16,21-26,31-32,35-36H,3-12,17-20,27-28H2,1-2H3. The summed E-state index contributed by atoms with van der Waals surface area (Å²) in [7, 11) is 0. The lowest BCUT2D eigenvalue weighted by Crippen LogP contribution is -2.16. The van der Waals surface area contributed by atoms with Gasteiger partial charge in [-0.25, -0.2) is 0 Å². The third-order valence-electron chi connectivity index (χ3n) is 10.0. The maximum Gasteiger partial charge on any atom is 0.0991 e. The number of benzene rings is 2. The highest BCUT2D eigenvalue weighted by Gasteiger charge is 2.25. The maximum atomic E-state index is 9.31. The van der Waals surface area contributed by atoms with Crippen molar-refractivity contribution in [3.05, 3.63) is 82.9 Å². The molecule has 2 aromatic carbocycles. The van der Waals surface area contributed by atoms with Crippen LogP contribution in [0.2, 0.25) is 0 Å². The summed E-state index contributed by atoms with van der Waals surface area (Å²) in [6.45, 7) is 5.76. The van der Waals surface area contributed by atoms with Crippen molar-refractivity contribution in [2.45, 2.75) is 104 Å². The highest BCUT2D eigenvalue weighted by molar-refractivity contribution is 5.69. The SMILES string of the molecule is CCCCC1CCC(C(=CCOCC=C(c2ccc(C#N)cc2)C2CCC(CCCC)CC2)c2ccc(C#N)cc2)CC1. The van der Waals surface area contributed by atoms with Gasteiger partial charge in [-0.15, -0.1) is 0 Å². The predicted molar refractivity (Wildman–Crippen MR) is 179 cm³/mol. The lowest BCUT2D eigenvalue weighted by molar-refractivity contribution is 0.193. The molecular weight excluding hydrogens is 524 g/mol. The molecule has 0 atom stereocenters. The smallest absolute Gasteiger partial charge is 0.0991 e. The molecule has 228 valence electrons. The van der Waals surface area contributed by atoms with E-state index >= 15 is 0 Å². The van der Waals surface area contributed by atoms with Crippen LogP contribution in [0.4, 0.5) is 0 Å². The van der Waals surface area contributed by atoms with E-state index < -0.39 is 0 Å². The van der Waals surface area contributed by atoms with Crippen molar-refractivity contribution in [1.29, 1.82) is 10.5 Å². The van der Waals surface area contributed by atoms with Crippen molar-refractivity contribution in [3.8, 4) is 12.1 Å². The number of rotatable bonds is 14. The Morgan fingerprint density at radius 2 is 1.00 bits per heavy atom. The van der Waals surface area contributed by atoms with E-state index in [0.29, 0.717) is 36.2 Å². The van der Waals surface area contributed by atoms with E-state index in [0.717, 1.165) is 11.8 Å². The molecule has 0 saturated heterocycles. The lowest BCUT2D eigenvalue weighted by atomic mass is 9.75. The van der Waals surface area contributed by atoms with Gasteiger partial charge < -0.3 is 4.74 Å². The van der Waals surface area contributed by atoms with Crippen molar-refractivity contribution in [1.82, 2.24) is 0 Å². The molecule has 3 nitrogen and oxygen atoms in total. The van der Waals surface area contributed by atoms with E-state index in [4.69, 9.17) is 4.74 Å². The number of hydrogen-bond acceptors (Lipinski definition) is 3. The molecule has 0 aliphatic heterocycles. The fourth-order valence-corrected chi connectivity index (χ4v) is 7.39. The third-order valence-corrected chi connectivity index (χ3v) is 10.0. The van der Waals surface area contributed by atoms with Gasteiger partial charge in [0, 0.05) is 0 Å². The third kappa shape index (κ3) is 9.95. The van der Waals surface area contributed by atoms with Crippen LogP contribution in [-0.4, -0.2) is 13.2 Å². The molecular formula is C40H52N2O. The second kappa shape index (κ2) is 17.9. The molecule has 2 aliphatic rings. The van der Waals surface area contributed by atoms with Gasteiger partial charge in [0.1, 0.15) is 0 Å². The Bertz CT molecular complexity index is 1140. The Hall–Kier alpha value is -3.14. The van der Waals surface area contributed by atoms with Crippen molar-refractivity contribution in [3.63, 3.8) is 0 Å². The van der Waals surface area contributed by atoms with E-state index in [1.54, 1.807) is 0 Å². The van der Waals surface area contributed by atoms with E-state index in [9.17, 15) is 10.5 Å². The van der Waals surface area contributed by atoms with Crippen LogP contribution in [0.5, 0.6) is 0 Å². The Kier molecular flexibility index (Phi) is 13.6. The summed E-state index contributed by atoms with van der Waals surface area (Å²) in [4.78, 5) is 0. The zero-order chi connectivity index (χ0) is 30.3. The van der Waals surface area contributed by atoms with Crippen LogP contribution < -0.4 is 0 Å². The highest BCUT2D eigenvalue weighted by Crippen LogP contribution is 2.40. The van der Waals surface area contributed by atoms with Gasteiger partial charge in [0.2, 0.25) is 0 Å². The van der Waals surface area contributed by atoms with Gasteiger partial charge in [0.05, 0.1) is 36.5 Å². The highest BCUT2D eigenvalue weighted by atomic mass is 16.5. The number of hydrogen-bond donors (Lipinski definition) is 0. The first-order valence-electron chi connectivity index (χ1n) is 17.1. The van der Waals surface area contributed by atoms with E-state index in [1.165, 1.54) is 112 Å². The van der Waals surface area contributed by atoms with Crippen molar-refractivity contribution in [2.75, 3.05) is 13.2 Å². The fraction of sp³-hybridized carbons (Fsp3) is 0.550. The number of nitrogens with zero attached hydrogens (tertiary/aromatic N) is 2. The Labute approximate surface area is 261 Å². The average molecular weight is 577 g/mol. The number of nitriles is 2. The summed E-state index contributed by atoms with van der Waals surface area (Å²) in [5, 5.41) is 18.6. The zero-order valence-corrected chi connectivity index (χ0v) is 26.7. The van der Waals surface area contributed by atoms with Gasteiger partial charge >= 0.3 is 0 Å². The zero-order valence-electron chi connectivity index (χ0n) is 26.7. The second-order valence-electron chi connectivity index (χ2n) is 13.0. The summed E-state index contributed by atoms with van der Waals surface area (Å²) < 4.78 is 6.30. The first kappa shape index (κ1) is 32.8. The molecule has 0 spiro atoms. The quantitative estimate of drug-likeness (QED) is 0.210. The van der Waals surface area contributed by atoms with Crippen LogP contribution in [0.3, 0.4) is 0 Å². The van der Waals surface area contributed by atoms with Gasteiger partial charge in [-0.1, -0.05) is 88.8 Å². The van der Waals surface area contributed by atoms with Crippen LogP contribution in [0, 0.1) is 46.3 Å². The summed E-state index contributed by atoms with van der Waals surface area (Å²) in [6, 6.07) is 20.8. The summed E-state index contributed by atoms with van der Waals surface area (Å²) >= 11 is 0. The summed E-state index contributed by atoms with van der Waals surface area (Å²) in [5.74, 6) is 2.87. The van der Waals surface area contributed by atoms with Gasteiger partial charge in [-0.2, -0.15) is 10.5 Å². The summed E-state index contributed by atoms with van der Waals surface area (Å²) in [5.41, 5.74) is 6.66. The molecule has 4 rings (SSSR count). The second-order valence-corrected chi connectivity index (χ2v) is 13.0. The molecule has 3 heteroatoms. The maximum absolute atomic E-state index is 9.31. The van der Waals surface area contributed by atoms with E-state index in [-0.39, 0.29) is 0 Å². The van der Waals surface area contributed by atoms with Crippen LogP contribution >= 0.6 is 0 Å². The lowest BCUT2D eigenvalue weighted by Gasteiger charge is -2.31. The number of unbranched alkanes of at least 4 members (excludes halogenated alkanes) is 2. The first-order valence-corrected chi connectivity index (χ1v) is 17.1. The minimum atomic E-state index is 0.557. The van der Waals surface area contributed by atoms with Gasteiger partial charge in [0.25, 0.3) is 0 Å². The number of allylic oxidation sites excluding steroid dienone is 2. The molecule has 0 heterocycles. The van der Waals surface area contributed by atoms with E-state index in [1.807, 2.05) is 24.3 Å². The largest absolute Gasteiger partial charge is 0.373 e. The molecule has 2 aromatic rings. The van der Waals surface area contributed by atoms with Gasteiger partial charge in [0.15, 0.2) is 0 Å². The molecule has 2 aliphatic carbocycles. The Morgan fingerprint density at radius 3 is 1.33 bits per heavy atom. The van der Waals surface area contributed by atoms with Gasteiger partial charge in [-0.05, 0) is 122 Å². The molecule has 2 fully saturated rings. The monoisotopic (exact) mass is 576 g/mol. The normalized spacial score (nSPS) is 23.0. The van der Waals surface area contributed by atoms with Crippen LogP contribution in [0.25, 0.3) is 11.1 Å². The molecule has 0 amide bonds. The Balaban J connectivity index is 1.44. The molecule has 0 radical (unpaired) electrons. The van der Waals surface area contributed by atoms with Crippen LogP contribution in [0.15, 0.2) is 60.7 Å². The minimum absolute atomic E-state index is 0.557. The molecule has 2 saturated carbocycles. The summed E-state index contributed by atoms with van der Waals surface area (Å²) in [6.07, 6.45) is 22.9. The molecule has 0 unspecified atom stereocenters. The predicted octanol–water partition coefficient (Wildman–Crippen LogP) is 10.9. The average Bonchev–Trinajstić information content (AvgIpc) is 3.07. The molecule has 43 heavy (non-hydrogen) atoms. The minimum Gasteiger partial charge on any atom is -0.373 e. The van der Waals surface area contributed by atoms with Crippen molar-refractivity contribution in [2.24, 2.45) is 23.7 Å². The van der Waals surface area contributed by atoms with Gasteiger partial charge in [-0.3, -0.25) is 0 Å². The van der Waals surface area contributed by atoms with Crippen molar-refractivity contribution >= 4 is 11.1 Å². The van der Waals surface area contributed by atoms with Crippen molar-refractivity contribution < 1.29 is 4.74 Å². The molecule has 0 N–H and O–H groups in total. The Morgan fingerprint density at radius 1 is 0.628 bits per heavy atom. The molecule has 0 bridgehead atoms. The number of ether oxygens (including phenoxy) is 1. The van der Waals surface area contributed by atoms with Crippen LogP contribution in [0.1, 0.15) is 126 Å². The topological polar surface area (TPSA) is 56.8 Å². The first-order chi connectivity index (χ1) is 21.1. The fourth-order valence-electron chi connectivity index (χ4n) is 7.39.